The zero-order valence-electron chi connectivity index (χ0n) is 11.6. The lowest BCUT2D eigenvalue weighted by atomic mass is 9.78. The molecule has 3 heteroatoms. The Labute approximate surface area is 110 Å². The summed E-state index contributed by atoms with van der Waals surface area (Å²) in [6.45, 7) is 5.66. The lowest BCUT2D eigenvalue weighted by Gasteiger charge is -2.33. The lowest BCUT2D eigenvalue weighted by Crippen LogP contribution is -2.32. The van der Waals surface area contributed by atoms with Crippen molar-refractivity contribution in [1.29, 1.82) is 0 Å². The summed E-state index contributed by atoms with van der Waals surface area (Å²) in [4.78, 5) is 8.48. The Morgan fingerprint density at radius 1 is 1.33 bits per heavy atom. The van der Waals surface area contributed by atoms with Crippen LogP contribution in [0.3, 0.4) is 0 Å². The zero-order chi connectivity index (χ0) is 12.8. The first kappa shape index (κ1) is 13.5. The Hall–Kier alpha value is -0.960. The average molecular weight is 247 g/mol. The largest absolute Gasteiger partial charge is 0.308 e. The minimum Gasteiger partial charge on any atom is -0.308 e. The summed E-state index contributed by atoms with van der Waals surface area (Å²) in [7, 11) is 0. The molecule has 1 fully saturated rings. The molecule has 0 bridgehead atoms. The second-order valence-electron chi connectivity index (χ2n) is 5.59. The Balaban J connectivity index is 2.05. The summed E-state index contributed by atoms with van der Waals surface area (Å²) in [6.07, 6.45) is 10.1. The van der Waals surface area contributed by atoms with Crippen LogP contribution in [0, 0.1) is 11.8 Å². The quantitative estimate of drug-likeness (QED) is 0.867. The van der Waals surface area contributed by atoms with Crippen LogP contribution in [-0.2, 0) is 0 Å². The number of hydrogen-bond donors (Lipinski definition) is 1. The molecule has 1 N–H and O–H groups in total. The molecular weight excluding hydrogens is 222 g/mol. The van der Waals surface area contributed by atoms with Crippen molar-refractivity contribution in [1.82, 2.24) is 15.3 Å². The van der Waals surface area contributed by atoms with E-state index in [1.54, 1.807) is 6.33 Å². The van der Waals surface area contributed by atoms with Crippen molar-refractivity contribution in [2.75, 3.05) is 6.54 Å². The van der Waals surface area contributed by atoms with Crippen LogP contribution >= 0.6 is 0 Å². The molecule has 0 aliphatic heterocycles. The van der Waals surface area contributed by atoms with Crippen LogP contribution in [0.15, 0.2) is 18.6 Å². The van der Waals surface area contributed by atoms with E-state index in [9.17, 15) is 0 Å². The SMILES string of the molecule is CCCNC(c1ccncn1)C1CCC(C)CC1. The number of nitrogens with one attached hydrogen (secondary N) is 1. The van der Waals surface area contributed by atoms with E-state index in [0.29, 0.717) is 6.04 Å². The molecule has 1 unspecified atom stereocenters. The van der Waals surface area contributed by atoms with Gasteiger partial charge in [0, 0.05) is 6.20 Å². The molecule has 0 aromatic carbocycles. The Morgan fingerprint density at radius 3 is 2.72 bits per heavy atom. The van der Waals surface area contributed by atoms with Crippen LogP contribution in [-0.4, -0.2) is 16.5 Å². The summed E-state index contributed by atoms with van der Waals surface area (Å²) in [5.41, 5.74) is 1.16. The van der Waals surface area contributed by atoms with Crippen LogP contribution in [0.4, 0.5) is 0 Å². The van der Waals surface area contributed by atoms with Crippen LogP contribution < -0.4 is 5.32 Å². The van der Waals surface area contributed by atoms with Gasteiger partial charge in [-0.3, -0.25) is 0 Å². The predicted octanol–water partition coefficient (Wildman–Crippen LogP) is 3.34. The molecule has 2 rings (SSSR count). The summed E-state index contributed by atoms with van der Waals surface area (Å²) in [5.74, 6) is 1.64. The Morgan fingerprint density at radius 2 is 2.11 bits per heavy atom. The summed E-state index contributed by atoms with van der Waals surface area (Å²) in [6, 6.07) is 2.48. The molecule has 1 aromatic heterocycles. The molecule has 3 nitrogen and oxygen atoms in total. The summed E-state index contributed by atoms with van der Waals surface area (Å²) in [5, 5.41) is 3.68. The van der Waals surface area contributed by atoms with Gasteiger partial charge in [-0.2, -0.15) is 0 Å². The number of hydrogen-bond acceptors (Lipinski definition) is 3. The standard InChI is InChI=1S/C15H25N3/c1-3-9-17-15(14-8-10-16-11-18-14)13-6-4-12(2)5-7-13/h8,10-13,15,17H,3-7,9H2,1-2H3. The van der Waals surface area contributed by atoms with Gasteiger partial charge in [0.2, 0.25) is 0 Å². The molecule has 1 aromatic rings. The van der Waals surface area contributed by atoms with Gasteiger partial charge in [0.25, 0.3) is 0 Å². The predicted molar refractivity (Wildman–Crippen MR) is 74.2 cm³/mol. The highest BCUT2D eigenvalue weighted by Gasteiger charge is 2.27. The molecule has 1 aliphatic carbocycles. The highest BCUT2D eigenvalue weighted by molar-refractivity contribution is 5.07. The van der Waals surface area contributed by atoms with Gasteiger partial charge in [0.05, 0.1) is 11.7 Å². The Kier molecular flexibility index (Phi) is 5.12. The molecule has 0 saturated heterocycles. The molecule has 0 radical (unpaired) electrons. The highest BCUT2D eigenvalue weighted by atomic mass is 15.0. The van der Waals surface area contributed by atoms with Gasteiger partial charge in [0.1, 0.15) is 6.33 Å². The van der Waals surface area contributed by atoms with Crippen molar-refractivity contribution < 1.29 is 0 Å². The first-order chi connectivity index (χ1) is 8.81. The molecule has 18 heavy (non-hydrogen) atoms. The van der Waals surface area contributed by atoms with Gasteiger partial charge in [-0.05, 0) is 43.7 Å². The molecule has 0 amide bonds. The average Bonchev–Trinajstić information content (AvgIpc) is 2.42. The van der Waals surface area contributed by atoms with Crippen molar-refractivity contribution in [3.63, 3.8) is 0 Å². The zero-order valence-corrected chi connectivity index (χ0v) is 11.6. The third kappa shape index (κ3) is 3.52. The van der Waals surface area contributed by atoms with E-state index in [0.717, 1.165) is 24.1 Å². The van der Waals surface area contributed by atoms with Crippen molar-refractivity contribution in [3.8, 4) is 0 Å². The third-order valence-corrected chi connectivity index (χ3v) is 4.07. The van der Waals surface area contributed by atoms with E-state index in [2.05, 4.69) is 35.2 Å². The first-order valence-corrected chi connectivity index (χ1v) is 7.30. The van der Waals surface area contributed by atoms with Gasteiger partial charge in [-0.15, -0.1) is 0 Å². The van der Waals surface area contributed by atoms with Crippen LogP contribution in [0.25, 0.3) is 0 Å². The monoisotopic (exact) mass is 247 g/mol. The fourth-order valence-corrected chi connectivity index (χ4v) is 2.92. The molecule has 1 heterocycles. The minimum absolute atomic E-state index is 0.417. The van der Waals surface area contributed by atoms with Crippen LogP contribution in [0.1, 0.15) is 57.7 Å². The molecule has 1 atom stereocenters. The topological polar surface area (TPSA) is 37.8 Å². The van der Waals surface area contributed by atoms with E-state index < -0.39 is 0 Å². The van der Waals surface area contributed by atoms with Crippen LogP contribution in [0.2, 0.25) is 0 Å². The van der Waals surface area contributed by atoms with Gasteiger partial charge in [-0.1, -0.05) is 26.7 Å². The van der Waals surface area contributed by atoms with Gasteiger partial charge < -0.3 is 5.32 Å². The molecule has 1 saturated carbocycles. The number of rotatable bonds is 5. The maximum Gasteiger partial charge on any atom is 0.115 e. The van der Waals surface area contributed by atoms with Gasteiger partial charge >= 0.3 is 0 Å². The van der Waals surface area contributed by atoms with Gasteiger partial charge in [0.15, 0.2) is 0 Å². The third-order valence-electron chi connectivity index (χ3n) is 4.07. The van der Waals surface area contributed by atoms with Crippen molar-refractivity contribution >= 4 is 0 Å². The fourth-order valence-electron chi connectivity index (χ4n) is 2.92. The molecular formula is C15H25N3. The minimum atomic E-state index is 0.417. The molecule has 0 spiro atoms. The van der Waals surface area contributed by atoms with Crippen molar-refractivity contribution in [3.05, 3.63) is 24.3 Å². The van der Waals surface area contributed by atoms with Crippen molar-refractivity contribution in [2.24, 2.45) is 11.8 Å². The highest BCUT2D eigenvalue weighted by Crippen LogP contribution is 2.35. The second kappa shape index (κ2) is 6.83. The maximum absolute atomic E-state index is 4.45. The van der Waals surface area contributed by atoms with Crippen LogP contribution in [0.5, 0.6) is 0 Å². The van der Waals surface area contributed by atoms with E-state index in [4.69, 9.17) is 0 Å². The van der Waals surface area contributed by atoms with Gasteiger partial charge in [-0.25, -0.2) is 9.97 Å². The number of aromatic nitrogens is 2. The van der Waals surface area contributed by atoms with Crippen molar-refractivity contribution in [2.45, 2.75) is 52.0 Å². The van der Waals surface area contributed by atoms with E-state index in [-0.39, 0.29) is 0 Å². The number of nitrogens with zero attached hydrogens (tertiary/aromatic N) is 2. The van der Waals surface area contributed by atoms with E-state index >= 15 is 0 Å². The summed E-state index contributed by atoms with van der Waals surface area (Å²) < 4.78 is 0. The van der Waals surface area contributed by atoms with E-state index in [1.807, 2.05) is 6.20 Å². The fraction of sp³-hybridized carbons (Fsp3) is 0.733. The maximum atomic E-state index is 4.45. The smallest absolute Gasteiger partial charge is 0.115 e. The summed E-state index contributed by atoms with van der Waals surface area (Å²) >= 11 is 0. The molecule has 100 valence electrons. The first-order valence-electron chi connectivity index (χ1n) is 7.30. The normalized spacial score (nSPS) is 25.9. The van der Waals surface area contributed by atoms with E-state index in [1.165, 1.54) is 32.1 Å². The molecule has 1 aliphatic rings. The lowest BCUT2D eigenvalue weighted by molar-refractivity contribution is 0.228. The Bertz CT molecular complexity index is 331. The second-order valence-corrected chi connectivity index (χ2v) is 5.59.